The highest BCUT2D eigenvalue weighted by Crippen LogP contribution is 2.60. The third kappa shape index (κ3) is 1.24. The number of nitrogens with zero attached hydrogens (tertiary/aromatic N) is 1. The number of phenols is 2. The first-order valence-corrected chi connectivity index (χ1v) is 5.90. The zero-order valence-corrected chi connectivity index (χ0v) is 9.48. The number of phenolic OH excluding ortho intramolecular Hbond substituents is 2. The topological polar surface area (TPSA) is 43.7 Å². The first-order valence-electron chi connectivity index (χ1n) is 5.90. The van der Waals surface area contributed by atoms with Crippen molar-refractivity contribution in [1.82, 2.24) is 4.90 Å². The lowest BCUT2D eigenvalue weighted by Gasteiger charge is -2.19. The van der Waals surface area contributed by atoms with Crippen LogP contribution in [-0.4, -0.2) is 34.7 Å². The van der Waals surface area contributed by atoms with Crippen LogP contribution >= 0.6 is 0 Å². The smallest absolute Gasteiger partial charge is 0.123 e. The summed E-state index contributed by atoms with van der Waals surface area (Å²) in [5.74, 6) is 1.09. The van der Waals surface area contributed by atoms with Gasteiger partial charge in [-0.15, -0.1) is 0 Å². The van der Waals surface area contributed by atoms with Gasteiger partial charge in [0.05, 0.1) is 0 Å². The third-order valence-electron chi connectivity index (χ3n) is 4.18. The first kappa shape index (κ1) is 9.97. The molecule has 1 aromatic rings. The van der Waals surface area contributed by atoms with E-state index in [1.165, 1.54) is 12.5 Å². The summed E-state index contributed by atoms with van der Waals surface area (Å²) in [6.45, 7) is 5.45. The lowest BCUT2D eigenvalue weighted by molar-refractivity contribution is 0.312. The van der Waals surface area contributed by atoms with Gasteiger partial charge >= 0.3 is 0 Å². The standard InChI is InChI=1S/C13H17NO2/c1-2-14-7-9-6-13(9,8-14)11-4-3-10(15)5-12(11)16/h3-5,9,15-16H,2,6-8H2,1H3. The SMILES string of the molecule is CCN1CC2CC2(c2ccc(O)cc2O)C1. The van der Waals surface area contributed by atoms with Crippen LogP contribution in [0.2, 0.25) is 0 Å². The first-order chi connectivity index (χ1) is 7.65. The summed E-state index contributed by atoms with van der Waals surface area (Å²) in [5, 5.41) is 19.2. The maximum Gasteiger partial charge on any atom is 0.123 e. The van der Waals surface area contributed by atoms with Gasteiger partial charge in [-0.3, -0.25) is 0 Å². The van der Waals surface area contributed by atoms with Crippen LogP contribution in [0.15, 0.2) is 18.2 Å². The Bertz CT molecular complexity index is 432. The molecular formula is C13H17NO2. The van der Waals surface area contributed by atoms with Crippen molar-refractivity contribution >= 4 is 0 Å². The van der Waals surface area contributed by atoms with Crippen molar-refractivity contribution in [3.63, 3.8) is 0 Å². The van der Waals surface area contributed by atoms with Crippen LogP contribution in [0.1, 0.15) is 18.9 Å². The van der Waals surface area contributed by atoms with E-state index >= 15 is 0 Å². The Balaban J connectivity index is 1.94. The fourth-order valence-corrected chi connectivity index (χ4v) is 3.19. The molecule has 2 fully saturated rings. The molecule has 86 valence electrons. The number of hydrogen-bond donors (Lipinski definition) is 2. The Morgan fingerprint density at radius 1 is 1.44 bits per heavy atom. The molecule has 1 aliphatic carbocycles. The van der Waals surface area contributed by atoms with Crippen LogP contribution in [0.4, 0.5) is 0 Å². The van der Waals surface area contributed by atoms with Gasteiger partial charge in [-0.25, -0.2) is 0 Å². The molecule has 2 atom stereocenters. The van der Waals surface area contributed by atoms with Gasteiger partial charge in [0.2, 0.25) is 0 Å². The molecule has 16 heavy (non-hydrogen) atoms. The molecular weight excluding hydrogens is 202 g/mol. The predicted octanol–water partition coefficient (Wildman–Crippen LogP) is 1.69. The Kier molecular flexibility index (Phi) is 1.96. The minimum atomic E-state index is 0.139. The number of fused-ring (bicyclic) bond motifs is 1. The Hall–Kier alpha value is -1.22. The molecule has 1 saturated carbocycles. The fraction of sp³-hybridized carbons (Fsp3) is 0.538. The van der Waals surface area contributed by atoms with Gasteiger partial charge in [-0.05, 0) is 24.9 Å². The van der Waals surface area contributed by atoms with Crippen LogP contribution in [-0.2, 0) is 5.41 Å². The number of rotatable bonds is 2. The molecule has 1 heterocycles. The summed E-state index contributed by atoms with van der Waals surface area (Å²) in [7, 11) is 0. The largest absolute Gasteiger partial charge is 0.508 e. The minimum Gasteiger partial charge on any atom is -0.508 e. The van der Waals surface area contributed by atoms with E-state index < -0.39 is 0 Å². The molecule has 0 bridgehead atoms. The van der Waals surface area contributed by atoms with Crippen molar-refractivity contribution in [2.24, 2.45) is 5.92 Å². The second kappa shape index (κ2) is 3.14. The minimum absolute atomic E-state index is 0.139. The monoisotopic (exact) mass is 219 g/mol. The van der Waals surface area contributed by atoms with Crippen molar-refractivity contribution in [2.45, 2.75) is 18.8 Å². The van der Waals surface area contributed by atoms with E-state index in [4.69, 9.17) is 0 Å². The van der Waals surface area contributed by atoms with Gasteiger partial charge in [0.15, 0.2) is 0 Å². The van der Waals surface area contributed by atoms with Gasteiger partial charge in [0.25, 0.3) is 0 Å². The molecule has 2 unspecified atom stereocenters. The quantitative estimate of drug-likeness (QED) is 0.795. The molecule has 0 spiro atoms. The van der Waals surface area contributed by atoms with Crippen molar-refractivity contribution in [2.75, 3.05) is 19.6 Å². The van der Waals surface area contributed by atoms with E-state index in [0.29, 0.717) is 5.92 Å². The number of hydrogen-bond acceptors (Lipinski definition) is 3. The molecule has 3 nitrogen and oxygen atoms in total. The van der Waals surface area contributed by atoms with Gasteiger partial charge in [0.1, 0.15) is 11.5 Å². The van der Waals surface area contributed by atoms with E-state index in [1.54, 1.807) is 6.07 Å². The molecule has 3 rings (SSSR count). The molecule has 0 aromatic heterocycles. The highest BCUT2D eigenvalue weighted by molar-refractivity contribution is 5.48. The lowest BCUT2D eigenvalue weighted by atomic mass is 9.94. The number of piperidine rings is 1. The maximum absolute atomic E-state index is 9.92. The summed E-state index contributed by atoms with van der Waals surface area (Å²) >= 11 is 0. The zero-order chi connectivity index (χ0) is 11.3. The highest BCUT2D eigenvalue weighted by atomic mass is 16.3. The molecule has 2 N–H and O–H groups in total. The summed E-state index contributed by atoms with van der Waals surface area (Å²) in [6.07, 6.45) is 1.18. The average molecular weight is 219 g/mol. The Morgan fingerprint density at radius 3 is 2.88 bits per heavy atom. The number of aromatic hydroxyl groups is 2. The van der Waals surface area contributed by atoms with Crippen LogP contribution < -0.4 is 0 Å². The molecule has 0 amide bonds. The maximum atomic E-state index is 9.92. The predicted molar refractivity (Wildman–Crippen MR) is 61.7 cm³/mol. The highest BCUT2D eigenvalue weighted by Gasteiger charge is 2.61. The van der Waals surface area contributed by atoms with E-state index in [-0.39, 0.29) is 16.9 Å². The van der Waals surface area contributed by atoms with Crippen LogP contribution in [0, 0.1) is 5.92 Å². The second-order valence-corrected chi connectivity index (χ2v) is 5.09. The molecule has 1 saturated heterocycles. The summed E-state index contributed by atoms with van der Waals surface area (Å²) in [5.41, 5.74) is 1.19. The molecule has 2 aliphatic rings. The number of benzene rings is 1. The van der Waals surface area contributed by atoms with Crippen LogP contribution in [0.3, 0.4) is 0 Å². The van der Waals surface area contributed by atoms with E-state index in [9.17, 15) is 10.2 Å². The molecule has 3 heteroatoms. The molecule has 1 aromatic carbocycles. The molecule has 0 radical (unpaired) electrons. The average Bonchev–Trinajstić information content (AvgIpc) is 2.81. The summed E-state index contributed by atoms with van der Waals surface area (Å²) < 4.78 is 0. The van der Waals surface area contributed by atoms with Gasteiger partial charge in [0, 0.05) is 30.1 Å². The van der Waals surface area contributed by atoms with Crippen molar-refractivity contribution < 1.29 is 10.2 Å². The van der Waals surface area contributed by atoms with Gasteiger partial charge in [-0.2, -0.15) is 0 Å². The van der Waals surface area contributed by atoms with Gasteiger partial charge in [-0.1, -0.05) is 13.0 Å². The molecule has 1 aliphatic heterocycles. The van der Waals surface area contributed by atoms with E-state index in [1.807, 2.05) is 6.07 Å². The van der Waals surface area contributed by atoms with Crippen LogP contribution in [0.25, 0.3) is 0 Å². The van der Waals surface area contributed by atoms with Crippen molar-refractivity contribution in [3.05, 3.63) is 23.8 Å². The fourth-order valence-electron chi connectivity index (χ4n) is 3.19. The van der Waals surface area contributed by atoms with Crippen molar-refractivity contribution in [3.8, 4) is 11.5 Å². The normalized spacial score (nSPS) is 32.7. The third-order valence-corrected chi connectivity index (χ3v) is 4.18. The number of likely N-dealkylation sites (tertiary alicyclic amines) is 1. The summed E-state index contributed by atoms with van der Waals surface area (Å²) in [6, 6.07) is 5.01. The summed E-state index contributed by atoms with van der Waals surface area (Å²) in [4.78, 5) is 2.43. The van der Waals surface area contributed by atoms with E-state index in [2.05, 4.69) is 11.8 Å². The zero-order valence-electron chi connectivity index (χ0n) is 9.48. The lowest BCUT2D eigenvalue weighted by Crippen LogP contribution is -2.26. The Morgan fingerprint density at radius 2 is 2.25 bits per heavy atom. The van der Waals surface area contributed by atoms with E-state index in [0.717, 1.165) is 25.2 Å². The second-order valence-electron chi connectivity index (χ2n) is 5.09. The van der Waals surface area contributed by atoms with Crippen molar-refractivity contribution in [1.29, 1.82) is 0 Å². The number of likely N-dealkylation sites (N-methyl/N-ethyl adjacent to an activating group) is 1. The van der Waals surface area contributed by atoms with Gasteiger partial charge < -0.3 is 15.1 Å². The van der Waals surface area contributed by atoms with Crippen LogP contribution in [0.5, 0.6) is 11.5 Å². The Labute approximate surface area is 95.3 Å².